The molecule has 0 fully saturated rings. The zero-order chi connectivity index (χ0) is 13.0. The van der Waals surface area contributed by atoms with E-state index in [4.69, 9.17) is 0 Å². The number of hydrogen-bond donors (Lipinski definition) is 1. The van der Waals surface area contributed by atoms with Crippen molar-refractivity contribution >= 4 is 11.7 Å². The van der Waals surface area contributed by atoms with Crippen molar-refractivity contribution in [2.75, 3.05) is 0 Å². The molecule has 1 aromatic rings. The van der Waals surface area contributed by atoms with Crippen LogP contribution in [0, 0.1) is 12.7 Å². The Bertz CT molecular complexity index is 443. The van der Waals surface area contributed by atoms with Gasteiger partial charge in [-0.05, 0) is 25.5 Å². The number of amides is 1. The second-order valence-corrected chi connectivity index (χ2v) is 3.95. The summed E-state index contributed by atoms with van der Waals surface area (Å²) in [6.07, 6.45) is 0.345. The van der Waals surface area contributed by atoms with Gasteiger partial charge in [-0.15, -0.1) is 0 Å². The number of rotatable bonds is 4. The van der Waals surface area contributed by atoms with Crippen molar-refractivity contribution in [1.29, 1.82) is 0 Å². The minimum atomic E-state index is -0.590. The number of nitrogens with one attached hydrogen (secondary N) is 1. The van der Waals surface area contributed by atoms with Crippen molar-refractivity contribution in [1.82, 2.24) is 5.32 Å². The van der Waals surface area contributed by atoms with Gasteiger partial charge in [0.1, 0.15) is 5.82 Å². The monoisotopic (exact) mass is 237 g/mol. The zero-order valence-corrected chi connectivity index (χ0v) is 10.2. The number of benzene rings is 1. The Kier molecular flexibility index (Phi) is 4.37. The first kappa shape index (κ1) is 13.4. The van der Waals surface area contributed by atoms with Gasteiger partial charge < -0.3 is 5.32 Å². The lowest BCUT2D eigenvalue weighted by atomic mass is 10.1. The molecule has 1 N–H and O–H groups in total. The van der Waals surface area contributed by atoms with Gasteiger partial charge in [0.05, 0.1) is 11.6 Å². The highest BCUT2D eigenvalue weighted by atomic mass is 19.1. The summed E-state index contributed by atoms with van der Waals surface area (Å²) in [6, 6.07) is 4.01. The molecule has 0 spiro atoms. The molecule has 3 nitrogen and oxygen atoms in total. The highest BCUT2D eigenvalue weighted by Gasteiger charge is 2.18. The van der Waals surface area contributed by atoms with Crippen LogP contribution in [0.4, 0.5) is 4.39 Å². The molecule has 0 aliphatic heterocycles. The number of carbonyl (C=O) groups excluding carboxylic acids is 2. The summed E-state index contributed by atoms with van der Waals surface area (Å²) in [6.45, 7) is 4.91. The zero-order valence-electron chi connectivity index (χ0n) is 10.2. The Labute approximate surface area is 100 Å². The van der Waals surface area contributed by atoms with E-state index in [9.17, 15) is 14.0 Å². The van der Waals surface area contributed by atoms with Crippen molar-refractivity contribution < 1.29 is 14.0 Å². The highest BCUT2D eigenvalue weighted by molar-refractivity contribution is 5.98. The molecule has 0 aliphatic rings. The normalized spacial score (nSPS) is 12.0. The molecule has 1 unspecified atom stereocenters. The van der Waals surface area contributed by atoms with Crippen molar-refractivity contribution in [3.8, 4) is 0 Å². The number of carbonyl (C=O) groups is 2. The minimum absolute atomic E-state index is 0.0271. The van der Waals surface area contributed by atoms with Gasteiger partial charge in [-0.3, -0.25) is 9.59 Å². The van der Waals surface area contributed by atoms with E-state index in [0.717, 1.165) is 0 Å². The van der Waals surface area contributed by atoms with Gasteiger partial charge in [0, 0.05) is 6.42 Å². The molecule has 1 atom stereocenters. The first-order valence-electron chi connectivity index (χ1n) is 5.56. The van der Waals surface area contributed by atoms with E-state index in [1.165, 1.54) is 6.07 Å². The maximum Gasteiger partial charge on any atom is 0.254 e. The average molecular weight is 237 g/mol. The molecule has 0 heterocycles. The standard InChI is InChI=1S/C13H16FNO2/c1-4-11(16)9(3)15-13(17)10-7-5-6-8(2)12(10)14/h5-7,9H,4H2,1-3H3,(H,15,17). The number of halogens is 1. The largest absolute Gasteiger partial charge is 0.342 e. The van der Waals surface area contributed by atoms with Crippen LogP contribution in [-0.4, -0.2) is 17.7 Å². The molecule has 0 saturated carbocycles. The third-order valence-electron chi connectivity index (χ3n) is 2.62. The fraction of sp³-hybridized carbons (Fsp3) is 0.385. The molecular weight excluding hydrogens is 221 g/mol. The van der Waals surface area contributed by atoms with E-state index in [1.807, 2.05) is 0 Å². The summed E-state index contributed by atoms with van der Waals surface area (Å²) < 4.78 is 13.6. The molecule has 0 bridgehead atoms. The van der Waals surface area contributed by atoms with Gasteiger partial charge >= 0.3 is 0 Å². The summed E-state index contributed by atoms with van der Waals surface area (Å²) >= 11 is 0. The second kappa shape index (κ2) is 5.57. The first-order valence-corrected chi connectivity index (χ1v) is 5.56. The minimum Gasteiger partial charge on any atom is -0.342 e. The Morgan fingerprint density at radius 3 is 2.65 bits per heavy atom. The Morgan fingerprint density at radius 1 is 1.41 bits per heavy atom. The van der Waals surface area contributed by atoms with Crippen molar-refractivity contribution in [3.05, 3.63) is 35.1 Å². The van der Waals surface area contributed by atoms with Gasteiger partial charge in [0.25, 0.3) is 5.91 Å². The number of Topliss-reactive ketones (excluding diaryl/α,β-unsaturated/α-hetero) is 1. The maximum atomic E-state index is 13.6. The average Bonchev–Trinajstić information content (AvgIpc) is 2.31. The predicted octanol–water partition coefficient (Wildman–Crippen LogP) is 2.23. The van der Waals surface area contributed by atoms with Gasteiger partial charge in [0.2, 0.25) is 0 Å². The fourth-order valence-corrected chi connectivity index (χ4v) is 1.48. The topological polar surface area (TPSA) is 46.2 Å². The van der Waals surface area contributed by atoms with Gasteiger partial charge in [0.15, 0.2) is 5.78 Å². The van der Waals surface area contributed by atoms with Gasteiger partial charge in [-0.1, -0.05) is 19.1 Å². The van der Waals surface area contributed by atoms with Crippen molar-refractivity contribution in [2.45, 2.75) is 33.2 Å². The summed E-state index contributed by atoms with van der Waals surface area (Å²) in [5, 5.41) is 2.49. The molecule has 1 amide bonds. The van der Waals surface area contributed by atoms with E-state index >= 15 is 0 Å². The molecular formula is C13H16FNO2. The molecule has 0 saturated heterocycles. The lowest BCUT2D eigenvalue weighted by molar-refractivity contribution is -0.120. The van der Waals surface area contributed by atoms with Crippen LogP contribution in [0.15, 0.2) is 18.2 Å². The maximum absolute atomic E-state index is 13.6. The molecule has 0 aromatic heterocycles. The van der Waals surface area contributed by atoms with Crippen LogP contribution in [0.2, 0.25) is 0 Å². The van der Waals surface area contributed by atoms with Crippen LogP contribution < -0.4 is 5.32 Å². The fourth-order valence-electron chi connectivity index (χ4n) is 1.48. The number of hydrogen-bond acceptors (Lipinski definition) is 2. The van der Waals surface area contributed by atoms with E-state index in [-0.39, 0.29) is 11.3 Å². The highest BCUT2D eigenvalue weighted by Crippen LogP contribution is 2.11. The van der Waals surface area contributed by atoms with Crippen LogP contribution in [0.25, 0.3) is 0 Å². The summed E-state index contributed by atoms with van der Waals surface area (Å²) in [4.78, 5) is 23.1. The third kappa shape index (κ3) is 3.12. The number of ketones is 1. The quantitative estimate of drug-likeness (QED) is 0.872. The summed E-state index contributed by atoms with van der Waals surface area (Å²) in [5.41, 5.74) is 0.382. The van der Waals surface area contributed by atoms with E-state index < -0.39 is 17.8 Å². The molecule has 4 heteroatoms. The number of aryl methyl sites for hydroxylation is 1. The molecule has 1 rings (SSSR count). The van der Waals surface area contributed by atoms with E-state index in [1.54, 1.807) is 32.9 Å². The lowest BCUT2D eigenvalue weighted by Crippen LogP contribution is -2.38. The Balaban J connectivity index is 2.84. The second-order valence-electron chi connectivity index (χ2n) is 3.95. The van der Waals surface area contributed by atoms with Crippen LogP contribution in [0.3, 0.4) is 0 Å². The van der Waals surface area contributed by atoms with Crippen molar-refractivity contribution in [2.24, 2.45) is 0 Å². The Morgan fingerprint density at radius 2 is 2.06 bits per heavy atom. The SMILES string of the molecule is CCC(=O)C(C)NC(=O)c1cccc(C)c1F. The smallest absolute Gasteiger partial charge is 0.254 e. The molecule has 17 heavy (non-hydrogen) atoms. The molecule has 0 aliphatic carbocycles. The van der Waals surface area contributed by atoms with Gasteiger partial charge in [-0.25, -0.2) is 4.39 Å². The molecule has 0 radical (unpaired) electrons. The van der Waals surface area contributed by atoms with Crippen LogP contribution >= 0.6 is 0 Å². The first-order chi connectivity index (χ1) is 7.97. The van der Waals surface area contributed by atoms with Gasteiger partial charge in [-0.2, -0.15) is 0 Å². The summed E-state index contributed by atoms with van der Waals surface area (Å²) in [5.74, 6) is -1.17. The predicted molar refractivity (Wildman–Crippen MR) is 63.4 cm³/mol. The van der Waals surface area contributed by atoms with Crippen molar-refractivity contribution in [3.63, 3.8) is 0 Å². The van der Waals surface area contributed by atoms with E-state index in [0.29, 0.717) is 12.0 Å². The van der Waals surface area contributed by atoms with Crippen LogP contribution in [0.1, 0.15) is 36.2 Å². The van der Waals surface area contributed by atoms with Crippen LogP contribution in [0.5, 0.6) is 0 Å². The van der Waals surface area contributed by atoms with Crippen LogP contribution in [-0.2, 0) is 4.79 Å². The third-order valence-corrected chi connectivity index (χ3v) is 2.62. The molecule has 1 aromatic carbocycles. The Hall–Kier alpha value is -1.71. The molecule has 92 valence electrons. The lowest BCUT2D eigenvalue weighted by Gasteiger charge is -2.12. The van der Waals surface area contributed by atoms with E-state index in [2.05, 4.69) is 5.32 Å². The summed E-state index contributed by atoms with van der Waals surface area (Å²) in [7, 11) is 0.